The van der Waals surface area contributed by atoms with Gasteiger partial charge < -0.3 is 15.5 Å². The summed E-state index contributed by atoms with van der Waals surface area (Å²) >= 11 is 5.51. The average Bonchev–Trinajstić information content (AvgIpc) is 2.27. The highest BCUT2D eigenvalue weighted by molar-refractivity contribution is 6.29. The maximum absolute atomic E-state index is 11.5. The molecular formula is C9H12ClN3O3. The third kappa shape index (κ3) is 3.73. The van der Waals surface area contributed by atoms with E-state index in [0.29, 0.717) is 0 Å². The van der Waals surface area contributed by atoms with Crippen molar-refractivity contribution in [2.24, 2.45) is 0 Å². The smallest absolute Gasteiger partial charge is 0.271 e. The molecule has 0 saturated carbocycles. The van der Waals surface area contributed by atoms with Crippen LogP contribution in [-0.4, -0.2) is 44.8 Å². The van der Waals surface area contributed by atoms with Crippen LogP contribution >= 0.6 is 11.6 Å². The maximum atomic E-state index is 11.5. The highest BCUT2D eigenvalue weighted by atomic mass is 35.5. The molecule has 3 N–H and O–H groups in total. The number of nitrogens with one attached hydrogen (secondary N) is 1. The van der Waals surface area contributed by atoms with Gasteiger partial charge in [0.1, 0.15) is 16.4 Å². The van der Waals surface area contributed by atoms with Gasteiger partial charge in [-0.05, 0) is 6.92 Å². The first-order chi connectivity index (χ1) is 7.44. The van der Waals surface area contributed by atoms with E-state index in [-0.39, 0.29) is 17.4 Å². The Bertz CT molecular complexity index is 367. The van der Waals surface area contributed by atoms with Crippen LogP contribution in [0, 0.1) is 0 Å². The molecule has 0 aromatic carbocycles. The van der Waals surface area contributed by atoms with Crippen LogP contribution in [0.4, 0.5) is 0 Å². The lowest BCUT2D eigenvalue weighted by Crippen LogP contribution is -2.43. The Hall–Kier alpha value is -1.24. The van der Waals surface area contributed by atoms with Crippen molar-refractivity contribution < 1.29 is 15.0 Å². The van der Waals surface area contributed by atoms with Crippen LogP contribution in [0.3, 0.4) is 0 Å². The number of carbonyl (C=O) groups is 1. The molecule has 0 saturated heterocycles. The quantitative estimate of drug-likeness (QED) is 0.671. The number of carbonyl (C=O) groups excluding carboxylic acids is 1. The third-order valence-electron chi connectivity index (χ3n) is 1.82. The van der Waals surface area contributed by atoms with E-state index in [1.54, 1.807) is 0 Å². The summed E-state index contributed by atoms with van der Waals surface area (Å²) < 4.78 is 0. The topological polar surface area (TPSA) is 95.3 Å². The summed E-state index contributed by atoms with van der Waals surface area (Å²) in [6.07, 6.45) is 2.48. The van der Waals surface area contributed by atoms with Gasteiger partial charge in [0.05, 0.1) is 19.0 Å². The molecule has 0 aliphatic rings. The molecular weight excluding hydrogens is 234 g/mol. The maximum Gasteiger partial charge on any atom is 0.271 e. The van der Waals surface area contributed by atoms with E-state index in [0.717, 1.165) is 0 Å². The van der Waals surface area contributed by atoms with Gasteiger partial charge in [-0.15, -0.1) is 0 Å². The Balaban J connectivity index is 2.56. The number of hydrogen-bond donors (Lipinski definition) is 3. The first kappa shape index (κ1) is 12.8. The normalized spacial score (nSPS) is 14.2. The minimum atomic E-state index is -1.35. The van der Waals surface area contributed by atoms with E-state index < -0.39 is 18.1 Å². The van der Waals surface area contributed by atoms with Crippen LogP contribution in [0.15, 0.2) is 12.4 Å². The molecule has 1 heterocycles. The van der Waals surface area contributed by atoms with Crippen LogP contribution < -0.4 is 5.32 Å². The van der Waals surface area contributed by atoms with Gasteiger partial charge in [0.25, 0.3) is 5.91 Å². The molecule has 0 aliphatic heterocycles. The summed E-state index contributed by atoms with van der Waals surface area (Å²) in [5, 5.41) is 20.8. The Morgan fingerprint density at radius 1 is 1.56 bits per heavy atom. The first-order valence-electron chi connectivity index (χ1n) is 4.53. The van der Waals surface area contributed by atoms with Crippen LogP contribution in [0.1, 0.15) is 17.4 Å². The average molecular weight is 246 g/mol. The van der Waals surface area contributed by atoms with E-state index in [9.17, 15) is 9.90 Å². The molecule has 1 aromatic rings. The molecule has 16 heavy (non-hydrogen) atoms. The van der Waals surface area contributed by atoms with Crippen molar-refractivity contribution in [2.75, 3.05) is 13.2 Å². The van der Waals surface area contributed by atoms with Crippen molar-refractivity contribution in [2.45, 2.75) is 12.5 Å². The minimum Gasteiger partial charge on any atom is -0.393 e. The summed E-state index contributed by atoms with van der Waals surface area (Å²) in [6, 6.07) is 0. The molecule has 0 bridgehead atoms. The molecule has 0 fully saturated rings. The predicted molar refractivity (Wildman–Crippen MR) is 57.1 cm³/mol. The van der Waals surface area contributed by atoms with E-state index in [1.807, 2.05) is 0 Å². The van der Waals surface area contributed by atoms with Gasteiger partial charge in [0.15, 0.2) is 0 Å². The summed E-state index contributed by atoms with van der Waals surface area (Å²) in [7, 11) is 0. The zero-order chi connectivity index (χ0) is 12.2. The fourth-order valence-electron chi connectivity index (χ4n) is 0.847. The van der Waals surface area contributed by atoms with Gasteiger partial charge in [0, 0.05) is 6.54 Å². The van der Waals surface area contributed by atoms with Crippen LogP contribution in [-0.2, 0) is 0 Å². The Morgan fingerprint density at radius 2 is 2.25 bits per heavy atom. The minimum absolute atomic E-state index is 0.0767. The highest BCUT2D eigenvalue weighted by Gasteiger charge is 2.20. The first-order valence-corrected chi connectivity index (χ1v) is 4.91. The molecule has 0 aliphatic carbocycles. The van der Waals surface area contributed by atoms with Crippen molar-refractivity contribution in [3.05, 3.63) is 23.2 Å². The van der Waals surface area contributed by atoms with E-state index in [2.05, 4.69) is 15.3 Å². The molecule has 7 heteroatoms. The number of amides is 1. The number of halogens is 1. The fraction of sp³-hybridized carbons (Fsp3) is 0.444. The number of rotatable bonds is 4. The number of aliphatic hydroxyl groups excluding tert-OH is 1. The van der Waals surface area contributed by atoms with Crippen LogP contribution in [0.5, 0.6) is 0 Å². The monoisotopic (exact) mass is 245 g/mol. The Labute approximate surface area is 97.3 Å². The molecule has 1 unspecified atom stereocenters. The lowest BCUT2D eigenvalue weighted by atomic mass is 10.1. The van der Waals surface area contributed by atoms with Crippen molar-refractivity contribution in [3.8, 4) is 0 Å². The molecule has 88 valence electrons. The Morgan fingerprint density at radius 3 is 2.75 bits per heavy atom. The van der Waals surface area contributed by atoms with E-state index in [1.165, 1.54) is 19.3 Å². The van der Waals surface area contributed by atoms with Gasteiger partial charge in [-0.3, -0.25) is 4.79 Å². The van der Waals surface area contributed by atoms with Gasteiger partial charge in [0.2, 0.25) is 0 Å². The lowest BCUT2D eigenvalue weighted by molar-refractivity contribution is 0.00316. The van der Waals surface area contributed by atoms with Gasteiger partial charge in [-0.25, -0.2) is 9.97 Å². The SMILES string of the molecule is CC(O)(CO)CNC(=O)c1cnc(Cl)cn1. The lowest BCUT2D eigenvalue weighted by Gasteiger charge is -2.20. The largest absolute Gasteiger partial charge is 0.393 e. The number of hydrogen-bond acceptors (Lipinski definition) is 5. The zero-order valence-corrected chi connectivity index (χ0v) is 9.40. The molecule has 1 amide bonds. The second-order valence-electron chi connectivity index (χ2n) is 3.56. The number of nitrogens with zero attached hydrogens (tertiary/aromatic N) is 2. The summed E-state index contributed by atoms with van der Waals surface area (Å²) in [5.74, 6) is -0.488. The van der Waals surface area contributed by atoms with Gasteiger partial charge in [-0.1, -0.05) is 11.6 Å². The fourth-order valence-corrected chi connectivity index (χ4v) is 0.944. The standard InChI is InChI=1S/C9H12ClN3O3/c1-9(16,5-14)4-13-8(15)6-2-12-7(10)3-11-6/h2-3,14,16H,4-5H2,1H3,(H,13,15). The third-order valence-corrected chi connectivity index (χ3v) is 2.02. The molecule has 6 nitrogen and oxygen atoms in total. The molecule has 1 atom stereocenters. The summed E-state index contributed by atoms with van der Waals surface area (Å²) in [4.78, 5) is 18.9. The van der Waals surface area contributed by atoms with Crippen LogP contribution in [0.25, 0.3) is 0 Å². The molecule has 1 rings (SSSR count). The van der Waals surface area contributed by atoms with Crippen molar-refractivity contribution >= 4 is 17.5 Å². The number of aromatic nitrogens is 2. The molecule has 0 spiro atoms. The number of aliphatic hydroxyl groups is 2. The predicted octanol–water partition coefficient (Wildman–Crippen LogP) is -0.397. The van der Waals surface area contributed by atoms with Crippen LogP contribution in [0.2, 0.25) is 5.15 Å². The van der Waals surface area contributed by atoms with E-state index in [4.69, 9.17) is 16.7 Å². The van der Waals surface area contributed by atoms with Crippen molar-refractivity contribution in [1.29, 1.82) is 0 Å². The highest BCUT2D eigenvalue weighted by Crippen LogP contribution is 2.02. The van der Waals surface area contributed by atoms with Gasteiger partial charge in [-0.2, -0.15) is 0 Å². The van der Waals surface area contributed by atoms with Crippen molar-refractivity contribution in [3.63, 3.8) is 0 Å². The molecule has 1 aromatic heterocycles. The van der Waals surface area contributed by atoms with Crippen molar-refractivity contribution in [1.82, 2.24) is 15.3 Å². The summed E-state index contributed by atoms with van der Waals surface area (Å²) in [6.45, 7) is 0.882. The molecule has 0 radical (unpaired) electrons. The second-order valence-corrected chi connectivity index (χ2v) is 3.95. The van der Waals surface area contributed by atoms with E-state index >= 15 is 0 Å². The Kier molecular flexibility index (Phi) is 4.17. The summed E-state index contributed by atoms with van der Waals surface area (Å²) in [5.41, 5.74) is -1.26. The zero-order valence-electron chi connectivity index (χ0n) is 8.64. The van der Waals surface area contributed by atoms with Gasteiger partial charge >= 0.3 is 0 Å². The second kappa shape index (κ2) is 5.20.